The van der Waals surface area contributed by atoms with Gasteiger partial charge in [-0.3, -0.25) is 4.79 Å². The average molecular weight is 451 g/mol. The van der Waals surface area contributed by atoms with Gasteiger partial charge < -0.3 is 0 Å². The first-order valence-electron chi connectivity index (χ1n) is 10.7. The number of carbonyl (C=O) groups is 1. The third-order valence-corrected chi connectivity index (χ3v) is 6.61. The molecule has 5 nitrogen and oxygen atoms in total. The molecule has 2 aromatic heterocycles. The second-order valence-corrected chi connectivity index (χ2v) is 8.97. The fourth-order valence-electron chi connectivity index (χ4n) is 3.76. The first-order chi connectivity index (χ1) is 16.1. The highest BCUT2D eigenvalue weighted by Gasteiger charge is 2.21. The van der Waals surface area contributed by atoms with Crippen LogP contribution in [-0.4, -0.2) is 25.8 Å². The van der Waals surface area contributed by atoms with E-state index >= 15 is 0 Å². The summed E-state index contributed by atoms with van der Waals surface area (Å²) in [6.07, 6.45) is 0.185. The molecule has 6 heteroatoms. The molecule has 162 valence electrons. The predicted octanol–water partition coefficient (Wildman–Crippen LogP) is 6.10. The molecule has 0 N–H and O–H groups in total. The lowest BCUT2D eigenvalue weighted by atomic mass is 10.1. The van der Waals surface area contributed by atoms with Crippen molar-refractivity contribution in [3.05, 3.63) is 107 Å². The highest BCUT2D eigenvalue weighted by atomic mass is 32.1. The number of hydrogen-bond acceptors (Lipinski definition) is 5. The number of Topliss-reactive ketones (excluding diaryl/α,β-unsaturated/α-hetero) is 1. The van der Waals surface area contributed by atoms with Crippen LogP contribution in [0.3, 0.4) is 0 Å². The molecule has 0 amide bonds. The van der Waals surface area contributed by atoms with Crippen molar-refractivity contribution in [3.63, 3.8) is 0 Å². The van der Waals surface area contributed by atoms with Gasteiger partial charge in [0, 0.05) is 5.56 Å². The van der Waals surface area contributed by atoms with Crippen LogP contribution in [0, 0.1) is 13.8 Å². The van der Waals surface area contributed by atoms with Crippen LogP contribution in [0.25, 0.3) is 27.4 Å². The number of aromatic nitrogens is 4. The SMILES string of the molecule is Cc1ccc(-n2nnc(C(=O)Cc3nc(-c4ccccc4)c(-c4ccccc4)s3)c2C)cc1. The topological polar surface area (TPSA) is 60.7 Å². The van der Waals surface area contributed by atoms with Crippen LogP contribution in [0.15, 0.2) is 84.9 Å². The molecule has 0 fully saturated rings. The number of ketones is 1. The van der Waals surface area contributed by atoms with Crippen LogP contribution in [0.1, 0.15) is 26.8 Å². The van der Waals surface area contributed by atoms with Gasteiger partial charge in [0.15, 0.2) is 11.5 Å². The van der Waals surface area contributed by atoms with Crippen molar-refractivity contribution < 1.29 is 4.79 Å². The number of thiazole rings is 1. The minimum atomic E-state index is -0.0844. The summed E-state index contributed by atoms with van der Waals surface area (Å²) in [5, 5.41) is 9.19. The third kappa shape index (κ3) is 4.25. The van der Waals surface area contributed by atoms with Gasteiger partial charge in [-0.05, 0) is 31.5 Å². The maximum Gasteiger partial charge on any atom is 0.191 e. The highest BCUT2D eigenvalue weighted by Crippen LogP contribution is 2.37. The number of benzene rings is 3. The van der Waals surface area contributed by atoms with Gasteiger partial charge in [0.05, 0.1) is 28.4 Å². The molecule has 0 unspecified atom stereocenters. The number of carbonyl (C=O) groups excluding carboxylic acids is 1. The molecular weight excluding hydrogens is 428 g/mol. The predicted molar refractivity (Wildman–Crippen MR) is 132 cm³/mol. The van der Waals surface area contributed by atoms with Gasteiger partial charge in [-0.1, -0.05) is 83.6 Å². The zero-order valence-corrected chi connectivity index (χ0v) is 19.2. The van der Waals surface area contributed by atoms with Crippen molar-refractivity contribution in [1.29, 1.82) is 0 Å². The second-order valence-electron chi connectivity index (χ2n) is 7.89. The molecule has 0 spiro atoms. The van der Waals surface area contributed by atoms with E-state index in [0.29, 0.717) is 5.69 Å². The van der Waals surface area contributed by atoms with E-state index in [1.54, 1.807) is 16.0 Å². The van der Waals surface area contributed by atoms with Gasteiger partial charge in [0.2, 0.25) is 0 Å². The number of aryl methyl sites for hydroxylation is 1. The normalized spacial score (nSPS) is 11.0. The molecule has 0 atom stereocenters. The van der Waals surface area contributed by atoms with Crippen molar-refractivity contribution in [2.24, 2.45) is 0 Å². The highest BCUT2D eigenvalue weighted by molar-refractivity contribution is 7.15. The van der Waals surface area contributed by atoms with E-state index in [9.17, 15) is 4.79 Å². The number of hydrogen-bond donors (Lipinski definition) is 0. The molecular formula is C27H22N4OS. The molecule has 0 bridgehead atoms. The van der Waals surface area contributed by atoms with Crippen molar-refractivity contribution in [2.75, 3.05) is 0 Å². The first-order valence-corrected chi connectivity index (χ1v) is 11.5. The summed E-state index contributed by atoms with van der Waals surface area (Å²) < 4.78 is 1.71. The van der Waals surface area contributed by atoms with Gasteiger partial charge in [0.25, 0.3) is 0 Å². The van der Waals surface area contributed by atoms with E-state index in [0.717, 1.165) is 38.1 Å². The van der Waals surface area contributed by atoms with Crippen molar-refractivity contribution in [1.82, 2.24) is 20.0 Å². The Morgan fingerprint density at radius 2 is 1.48 bits per heavy atom. The molecule has 33 heavy (non-hydrogen) atoms. The molecule has 0 saturated carbocycles. The summed E-state index contributed by atoms with van der Waals surface area (Å²) in [6.45, 7) is 3.91. The van der Waals surface area contributed by atoms with E-state index in [4.69, 9.17) is 4.98 Å². The summed E-state index contributed by atoms with van der Waals surface area (Å²) >= 11 is 1.55. The Hall–Kier alpha value is -3.90. The third-order valence-electron chi connectivity index (χ3n) is 5.50. The molecule has 2 heterocycles. The Morgan fingerprint density at radius 3 is 2.15 bits per heavy atom. The van der Waals surface area contributed by atoms with E-state index in [2.05, 4.69) is 22.4 Å². The fourth-order valence-corrected chi connectivity index (χ4v) is 4.85. The minimum Gasteiger partial charge on any atom is -0.292 e. The van der Waals surface area contributed by atoms with Gasteiger partial charge in [-0.2, -0.15) is 0 Å². The summed E-state index contributed by atoms with van der Waals surface area (Å²) in [5.74, 6) is -0.0844. The monoisotopic (exact) mass is 450 g/mol. The number of nitrogens with zero attached hydrogens (tertiary/aromatic N) is 4. The molecule has 0 saturated heterocycles. The second kappa shape index (κ2) is 8.92. The zero-order chi connectivity index (χ0) is 22.8. The summed E-state index contributed by atoms with van der Waals surface area (Å²) in [4.78, 5) is 19.1. The Balaban J connectivity index is 1.47. The molecule has 5 rings (SSSR count). The summed E-state index contributed by atoms with van der Waals surface area (Å²) in [5.41, 5.74) is 6.19. The van der Waals surface area contributed by atoms with Crippen molar-refractivity contribution in [2.45, 2.75) is 20.3 Å². The van der Waals surface area contributed by atoms with Gasteiger partial charge >= 0.3 is 0 Å². The maximum absolute atomic E-state index is 13.2. The molecule has 5 aromatic rings. The first kappa shape index (κ1) is 21.0. The van der Waals surface area contributed by atoms with E-state index in [1.807, 2.05) is 86.6 Å². The Kier molecular flexibility index (Phi) is 5.67. The lowest BCUT2D eigenvalue weighted by molar-refractivity contribution is 0.0987. The molecule has 0 radical (unpaired) electrons. The maximum atomic E-state index is 13.2. The smallest absolute Gasteiger partial charge is 0.191 e. The van der Waals surface area contributed by atoms with Crippen LogP contribution >= 0.6 is 11.3 Å². The van der Waals surface area contributed by atoms with E-state index in [-0.39, 0.29) is 12.2 Å². The Bertz CT molecular complexity index is 1350. The minimum absolute atomic E-state index is 0.0844. The Morgan fingerprint density at radius 1 is 0.848 bits per heavy atom. The molecule has 0 aliphatic heterocycles. The van der Waals surface area contributed by atoms with Crippen LogP contribution < -0.4 is 0 Å². The van der Waals surface area contributed by atoms with Crippen LogP contribution in [-0.2, 0) is 6.42 Å². The van der Waals surface area contributed by atoms with Crippen molar-refractivity contribution >= 4 is 17.1 Å². The lowest BCUT2D eigenvalue weighted by Gasteiger charge is -2.03. The quantitative estimate of drug-likeness (QED) is 0.293. The van der Waals surface area contributed by atoms with Gasteiger partial charge in [-0.25, -0.2) is 9.67 Å². The summed E-state index contributed by atoms with van der Waals surface area (Å²) in [6, 6.07) is 28.2. The van der Waals surface area contributed by atoms with E-state index < -0.39 is 0 Å². The van der Waals surface area contributed by atoms with Crippen LogP contribution in [0.2, 0.25) is 0 Å². The van der Waals surface area contributed by atoms with Crippen LogP contribution in [0.4, 0.5) is 0 Å². The number of rotatable bonds is 6. The zero-order valence-electron chi connectivity index (χ0n) is 18.4. The Labute approximate surface area is 196 Å². The molecule has 0 aliphatic carbocycles. The van der Waals surface area contributed by atoms with Gasteiger partial charge in [-0.15, -0.1) is 16.4 Å². The van der Waals surface area contributed by atoms with Gasteiger partial charge in [0.1, 0.15) is 5.01 Å². The average Bonchev–Trinajstić information content (AvgIpc) is 3.44. The molecule has 3 aromatic carbocycles. The lowest BCUT2D eigenvalue weighted by Crippen LogP contribution is -2.07. The van der Waals surface area contributed by atoms with Crippen molar-refractivity contribution in [3.8, 4) is 27.4 Å². The summed E-state index contributed by atoms with van der Waals surface area (Å²) in [7, 11) is 0. The van der Waals surface area contributed by atoms with E-state index in [1.165, 1.54) is 5.56 Å². The molecule has 0 aliphatic rings. The standard InChI is InChI=1S/C27H22N4OS/c1-18-13-15-22(16-14-18)31-19(2)25(29-30-31)23(32)17-24-28-26(20-9-5-3-6-10-20)27(33-24)21-11-7-4-8-12-21/h3-16H,17H2,1-2H3. The fraction of sp³-hybridized carbons (Fsp3) is 0.111. The van der Waals surface area contributed by atoms with Crippen LogP contribution in [0.5, 0.6) is 0 Å². The largest absolute Gasteiger partial charge is 0.292 e.